The molecule has 0 atom stereocenters. The molecule has 2 fully saturated rings. The van der Waals surface area contributed by atoms with Crippen LogP contribution in [-0.4, -0.2) is 23.5 Å². The number of rotatable bonds is 5. The highest BCUT2D eigenvalue weighted by Gasteiger charge is 2.45. The second-order valence-corrected chi connectivity index (χ2v) is 7.23. The predicted molar refractivity (Wildman–Crippen MR) is 85.9 cm³/mol. The Balaban J connectivity index is 1.70. The van der Waals surface area contributed by atoms with Crippen molar-refractivity contribution in [3.63, 3.8) is 0 Å². The third-order valence-electron chi connectivity index (χ3n) is 6.26. The summed E-state index contributed by atoms with van der Waals surface area (Å²) in [6.07, 6.45) is 12.8. The van der Waals surface area contributed by atoms with Crippen molar-refractivity contribution in [3.05, 3.63) is 24.2 Å². The Kier molecular flexibility index (Phi) is 4.41. The van der Waals surface area contributed by atoms with E-state index in [1.54, 1.807) is 6.26 Å². The van der Waals surface area contributed by atoms with Crippen LogP contribution in [0.2, 0.25) is 0 Å². The molecule has 0 saturated heterocycles. The summed E-state index contributed by atoms with van der Waals surface area (Å²) < 4.78 is 5.56. The molecule has 1 spiro atoms. The maximum atomic E-state index is 6.26. The van der Waals surface area contributed by atoms with Gasteiger partial charge in [-0.3, -0.25) is 4.90 Å². The van der Waals surface area contributed by atoms with Crippen molar-refractivity contribution in [1.82, 2.24) is 4.90 Å². The van der Waals surface area contributed by atoms with Crippen molar-refractivity contribution in [2.24, 2.45) is 11.1 Å². The van der Waals surface area contributed by atoms with Crippen LogP contribution >= 0.6 is 0 Å². The normalized spacial score (nSPS) is 24.0. The first-order valence-electron chi connectivity index (χ1n) is 8.70. The first-order valence-corrected chi connectivity index (χ1v) is 8.70. The number of hydrogen-bond acceptors (Lipinski definition) is 3. The Hall–Kier alpha value is -0.800. The van der Waals surface area contributed by atoms with Gasteiger partial charge < -0.3 is 10.2 Å². The summed E-state index contributed by atoms with van der Waals surface area (Å²) in [5.41, 5.74) is 7.12. The molecule has 2 aliphatic carbocycles. The molecule has 2 saturated carbocycles. The van der Waals surface area contributed by atoms with Gasteiger partial charge in [0.25, 0.3) is 0 Å². The van der Waals surface area contributed by atoms with E-state index in [9.17, 15) is 0 Å². The molecule has 0 radical (unpaired) electrons. The fraction of sp³-hybridized carbons (Fsp3) is 0.778. The molecule has 2 N–H and O–H groups in total. The summed E-state index contributed by atoms with van der Waals surface area (Å²) in [5.74, 6) is 1.06. The van der Waals surface area contributed by atoms with Gasteiger partial charge in [0.2, 0.25) is 0 Å². The van der Waals surface area contributed by atoms with E-state index >= 15 is 0 Å². The first kappa shape index (κ1) is 15.1. The van der Waals surface area contributed by atoms with E-state index in [-0.39, 0.29) is 5.54 Å². The van der Waals surface area contributed by atoms with E-state index in [0.29, 0.717) is 5.41 Å². The van der Waals surface area contributed by atoms with Gasteiger partial charge in [-0.25, -0.2) is 0 Å². The quantitative estimate of drug-likeness (QED) is 0.893. The molecule has 3 nitrogen and oxygen atoms in total. The molecule has 0 bridgehead atoms. The average molecular weight is 290 g/mol. The van der Waals surface area contributed by atoms with Gasteiger partial charge in [0.1, 0.15) is 5.76 Å². The van der Waals surface area contributed by atoms with Gasteiger partial charge in [-0.15, -0.1) is 0 Å². The van der Waals surface area contributed by atoms with Gasteiger partial charge in [-0.2, -0.15) is 0 Å². The second kappa shape index (κ2) is 6.13. The SMILES string of the molecule is CCN(Cc1ccco1)C1(CN)CCC2(CCCC2)CC1. The Morgan fingerprint density at radius 1 is 1.14 bits per heavy atom. The van der Waals surface area contributed by atoms with Crippen LogP contribution in [-0.2, 0) is 6.54 Å². The smallest absolute Gasteiger partial charge is 0.117 e. The topological polar surface area (TPSA) is 42.4 Å². The van der Waals surface area contributed by atoms with Crippen molar-refractivity contribution in [2.45, 2.75) is 70.4 Å². The van der Waals surface area contributed by atoms with Crippen LogP contribution in [0.1, 0.15) is 64.1 Å². The number of nitrogens with zero attached hydrogens (tertiary/aromatic N) is 1. The fourth-order valence-corrected chi connectivity index (χ4v) is 4.73. The van der Waals surface area contributed by atoms with Crippen LogP contribution in [0, 0.1) is 5.41 Å². The average Bonchev–Trinajstić information content (AvgIpc) is 3.19. The zero-order valence-electron chi connectivity index (χ0n) is 13.4. The summed E-state index contributed by atoms with van der Waals surface area (Å²) in [4.78, 5) is 2.56. The van der Waals surface area contributed by atoms with Crippen LogP contribution in [0.4, 0.5) is 0 Å². The van der Waals surface area contributed by atoms with Crippen LogP contribution < -0.4 is 5.73 Å². The van der Waals surface area contributed by atoms with Gasteiger partial charge >= 0.3 is 0 Å². The highest BCUT2D eigenvalue weighted by molar-refractivity contribution is 5.04. The molecule has 3 heteroatoms. The second-order valence-electron chi connectivity index (χ2n) is 7.23. The zero-order valence-corrected chi connectivity index (χ0v) is 13.4. The van der Waals surface area contributed by atoms with E-state index in [1.807, 2.05) is 6.07 Å². The lowest BCUT2D eigenvalue weighted by Gasteiger charge is -2.50. The summed E-state index contributed by atoms with van der Waals surface area (Å²) in [6.45, 7) is 4.97. The summed E-state index contributed by atoms with van der Waals surface area (Å²) in [6, 6.07) is 4.06. The molecule has 1 aromatic rings. The van der Waals surface area contributed by atoms with Crippen LogP contribution in [0.3, 0.4) is 0 Å². The van der Waals surface area contributed by atoms with Gasteiger partial charge in [-0.1, -0.05) is 19.8 Å². The minimum absolute atomic E-state index is 0.190. The van der Waals surface area contributed by atoms with E-state index < -0.39 is 0 Å². The lowest BCUT2D eigenvalue weighted by Crippen LogP contribution is -2.56. The van der Waals surface area contributed by atoms with Crippen LogP contribution in [0.15, 0.2) is 22.8 Å². The van der Waals surface area contributed by atoms with Crippen molar-refractivity contribution in [1.29, 1.82) is 0 Å². The minimum Gasteiger partial charge on any atom is -0.468 e. The minimum atomic E-state index is 0.190. The van der Waals surface area contributed by atoms with E-state index in [1.165, 1.54) is 51.4 Å². The first-order chi connectivity index (χ1) is 10.2. The molecule has 1 aromatic heterocycles. The van der Waals surface area contributed by atoms with Gasteiger partial charge in [0.05, 0.1) is 12.8 Å². The van der Waals surface area contributed by atoms with E-state index in [0.717, 1.165) is 25.4 Å². The number of furan rings is 1. The van der Waals surface area contributed by atoms with Crippen LogP contribution in [0.25, 0.3) is 0 Å². The van der Waals surface area contributed by atoms with Gasteiger partial charge in [0, 0.05) is 12.1 Å². The Morgan fingerprint density at radius 2 is 1.86 bits per heavy atom. The van der Waals surface area contributed by atoms with Gasteiger partial charge in [-0.05, 0) is 62.6 Å². The Bertz CT molecular complexity index is 424. The molecule has 0 amide bonds. The lowest BCUT2D eigenvalue weighted by atomic mass is 9.66. The molecule has 21 heavy (non-hydrogen) atoms. The molecule has 118 valence electrons. The highest BCUT2D eigenvalue weighted by Crippen LogP contribution is 2.52. The number of hydrogen-bond donors (Lipinski definition) is 1. The molecule has 0 aromatic carbocycles. The third kappa shape index (κ3) is 2.91. The van der Waals surface area contributed by atoms with Crippen molar-refractivity contribution in [3.8, 4) is 0 Å². The molecule has 0 unspecified atom stereocenters. The molecular formula is C18H30N2O. The maximum Gasteiger partial charge on any atom is 0.117 e. The molecule has 3 rings (SSSR count). The predicted octanol–water partition coefficient (Wildman–Crippen LogP) is 3.93. The van der Waals surface area contributed by atoms with E-state index in [4.69, 9.17) is 10.2 Å². The van der Waals surface area contributed by atoms with Crippen molar-refractivity contribution in [2.75, 3.05) is 13.1 Å². The number of likely N-dealkylation sites (N-methyl/N-ethyl adjacent to an activating group) is 1. The van der Waals surface area contributed by atoms with E-state index in [2.05, 4.69) is 17.9 Å². The third-order valence-corrected chi connectivity index (χ3v) is 6.26. The monoisotopic (exact) mass is 290 g/mol. The maximum absolute atomic E-state index is 6.26. The highest BCUT2D eigenvalue weighted by atomic mass is 16.3. The summed E-state index contributed by atoms with van der Waals surface area (Å²) in [7, 11) is 0. The molecule has 1 heterocycles. The fourth-order valence-electron chi connectivity index (χ4n) is 4.73. The summed E-state index contributed by atoms with van der Waals surface area (Å²) >= 11 is 0. The molecular weight excluding hydrogens is 260 g/mol. The zero-order chi connectivity index (χ0) is 14.8. The Morgan fingerprint density at radius 3 is 2.38 bits per heavy atom. The van der Waals surface area contributed by atoms with Crippen molar-refractivity contribution >= 4 is 0 Å². The van der Waals surface area contributed by atoms with Crippen molar-refractivity contribution < 1.29 is 4.42 Å². The molecule has 0 aliphatic heterocycles. The standard InChI is InChI=1S/C18H30N2O/c1-2-20(14-16-6-5-13-21-16)18(15-19)11-9-17(10-12-18)7-3-4-8-17/h5-6,13H,2-4,7-12,14-15,19H2,1H3. The lowest BCUT2D eigenvalue weighted by molar-refractivity contribution is 0.00794. The molecule has 2 aliphatic rings. The number of nitrogens with two attached hydrogens (primary N) is 1. The Labute approximate surface area is 128 Å². The largest absolute Gasteiger partial charge is 0.468 e. The summed E-state index contributed by atoms with van der Waals surface area (Å²) in [5, 5.41) is 0. The van der Waals surface area contributed by atoms with Gasteiger partial charge in [0.15, 0.2) is 0 Å². The van der Waals surface area contributed by atoms with Crippen LogP contribution in [0.5, 0.6) is 0 Å².